The maximum atomic E-state index is 11.0. The number of carbonyl (C=O) groups is 1. The zero-order chi connectivity index (χ0) is 7.23. The minimum atomic E-state index is 0. The van der Waals surface area contributed by atoms with E-state index in [1.165, 1.54) is 25.7 Å². The Kier molecular flexibility index (Phi) is 6.63. The fraction of sp³-hybridized carbons (Fsp3) is 0.889. The fourth-order valence-electron chi connectivity index (χ4n) is 1.48. The molecule has 1 nitrogen and oxygen atoms in total. The van der Waals surface area contributed by atoms with Crippen LogP contribution < -0.4 is 0 Å². The second kappa shape index (κ2) is 6.66. The van der Waals surface area contributed by atoms with Gasteiger partial charge >= 0.3 is 0 Å². The highest BCUT2D eigenvalue weighted by Gasteiger charge is 2.03. The topological polar surface area (TPSA) is 17.1 Å². The summed E-state index contributed by atoms with van der Waals surface area (Å²) >= 11 is 0. The molecule has 1 saturated carbocycles. The molecule has 2 heteroatoms. The van der Waals surface area contributed by atoms with E-state index in [-0.39, 0.29) is 12.4 Å². The van der Waals surface area contributed by atoms with Crippen molar-refractivity contribution in [2.75, 3.05) is 0 Å². The number of hydrogen-bond acceptors (Lipinski definition) is 1. The molecular weight excluding hydrogens is 160 g/mol. The van der Waals surface area contributed by atoms with E-state index in [4.69, 9.17) is 0 Å². The number of halogens is 1. The zero-order valence-electron chi connectivity index (χ0n) is 6.97. The summed E-state index contributed by atoms with van der Waals surface area (Å²) in [5.41, 5.74) is 0. The van der Waals surface area contributed by atoms with Gasteiger partial charge in [-0.25, -0.2) is 0 Å². The second-order valence-corrected chi connectivity index (χ2v) is 3.16. The summed E-state index contributed by atoms with van der Waals surface area (Å²) in [5, 5.41) is 0. The minimum absolute atomic E-state index is 0. The first-order chi connectivity index (χ1) is 4.89. The van der Waals surface area contributed by atoms with Gasteiger partial charge in [-0.15, -0.1) is 12.4 Å². The summed E-state index contributed by atoms with van der Waals surface area (Å²) in [6.45, 7) is 0. The first-order valence-corrected chi connectivity index (χ1v) is 4.41. The van der Waals surface area contributed by atoms with Crippen molar-refractivity contribution in [3.8, 4) is 0 Å². The van der Waals surface area contributed by atoms with Crippen molar-refractivity contribution >= 4 is 18.2 Å². The van der Waals surface area contributed by atoms with Gasteiger partial charge < -0.3 is 0 Å². The van der Waals surface area contributed by atoms with E-state index in [0.29, 0.717) is 5.78 Å². The van der Waals surface area contributed by atoms with Crippen molar-refractivity contribution in [3.05, 3.63) is 0 Å². The van der Waals surface area contributed by atoms with Gasteiger partial charge in [-0.1, -0.05) is 25.7 Å². The van der Waals surface area contributed by atoms with Crippen LogP contribution in [0.3, 0.4) is 0 Å². The molecule has 0 aromatic carbocycles. The zero-order valence-corrected chi connectivity index (χ0v) is 7.79. The Morgan fingerprint density at radius 3 is 1.55 bits per heavy atom. The number of hydrogen-bond donors (Lipinski definition) is 0. The van der Waals surface area contributed by atoms with Gasteiger partial charge in [-0.2, -0.15) is 0 Å². The Morgan fingerprint density at radius 2 is 1.09 bits per heavy atom. The summed E-state index contributed by atoms with van der Waals surface area (Å²) in [6, 6.07) is 0. The Hall–Kier alpha value is -0.0400. The van der Waals surface area contributed by atoms with Gasteiger partial charge in [0.2, 0.25) is 0 Å². The second-order valence-electron chi connectivity index (χ2n) is 3.16. The Morgan fingerprint density at radius 1 is 0.727 bits per heavy atom. The minimum Gasteiger partial charge on any atom is -0.300 e. The van der Waals surface area contributed by atoms with Gasteiger partial charge in [0.15, 0.2) is 0 Å². The summed E-state index contributed by atoms with van der Waals surface area (Å²) in [5.74, 6) is 0.488. The molecule has 0 aromatic heterocycles. The van der Waals surface area contributed by atoms with Crippen LogP contribution in [0.1, 0.15) is 51.4 Å². The standard InChI is InChI=1S/C9H16O.ClH/c10-9-7-5-3-1-2-4-6-8-9;/h1-8H2;1H. The third-order valence-electron chi connectivity index (χ3n) is 2.16. The molecule has 1 fully saturated rings. The Labute approximate surface area is 75.0 Å². The number of carbonyl (C=O) groups excluding carboxylic acids is 1. The predicted molar refractivity (Wildman–Crippen MR) is 49.2 cm³/mol. The molecule has 0 aromatic rings. The van der Waals surface area contributed by atoms with Crippen LogP contribution in [0.15, 0.2) is 0 Å². The van der Waals surface area contributed by atoms with Crippen molar-refractivity contribution in [2.24, 2.45) is 0 Å². The molecular formula is C9H17ClO. The molecule has 0 aliphatic heterocycles. The quantitative estimate of drug-likeness (QED) is 0.555. The normalized spacial score (nSPS) is 20.9. The fourth-order valence-corrected chi connectivity index (χ4v) is 1.48. The van der Waals surface area contributed by atoms with E-state index in [9.17, 15) is 4.79 Å². The van der Waals surface area contributed by atoms with Gasteiger partial charge in [-0.3, -0.25) is 4.79 Å². The third kappa shape index (κ3) is 5.25. The van der Waals surface area contributed by atoms with E-state index in [1.54, 1.807) is 0 Å². The van der Waals surface area contributed by atoms with E-state index in [1.807, 2.05) is 0 Å². The average Bonchev–Trinajstić information content (AvgIpc) is 2.02. The highest BCUT2D eigenvalue weighted by molar-refractivity contribution is 5.85. The van der Waals surface area contributed by atoms with E-state index in [2.05, 4.69) is 0 Å². The number of rotatable bonds is 0. The lowest BCUT2D eigenvalue weighted by atomic mass is 10.1. The molecule has 1 rings (SSSR count). The van der Waals surface area contributed by atoms with Crippen LogP contribution in [0.25, 0.3) is 0 Å². The van der Waals surface area contributed by atoms with Crippen LogP contribution >= 0.6 is 12.4 Å². The highest BCUT2D eigenvalue weighted by atomic mass is 35.5. The highest BCUT2D eigenvalue weighted by Crippen LogP contribution is 2.13. The SMILES string of the molecule is Cl.O=C1CCCCCCCC1. The van der Waals surface area contributed by atoms with Crippen molar-refractivity contribution < 1.29 is 4.79 Å². The Bertz CT molecular complexity index is 100. The van der Waals surface area contributed by atoms with Crippen LogP contribution in [0.4, 0.5) is 0 Å². The van der Waals surface area contributed by atoms with Crippen LogP contribution in [0.2, 0.25) is 0 Å². The molecule has 0 unspecified atom stereocenters. The summed E-state index contributed by atoms with van der Waals surface area (Å²) in [4.78, 5) is 11.0. The largest absolute Gasteiger partial charge is 0.300 e. The maximum Gasteiger partial charge on any atom is 0.132 e. The van der Waals surface area contributed by atoms with Crippen molar-refractivity contribution in [1.29, 1.82) is 0 Å². The maximum absolute atomic E-state index is 11.0. The first-order valence-electron chi connectivity index (χ1n) is 4.41. The molecule has 0 heterocycles. The van der Waals surface area contributed by atoms with Crippen LogP contribution in [-0.2, 0) is 4.79 Å². The van der Waals surface area contributed by atoms with Crippen LogP contribution in [-0.4, -0.2) is 5.78 Å². The summed E-state index contributed by atoms with van der Waals surface area (Å²) in [7, 11) is 0. The van der Waals surface area contributed by atoms with Gasteiger partial charge in [0.25, 0.3) is 0 Å². The predicted octanol–water partition coefficient (Wildman–Crippen LogP) is 3.11. The van der Waals surface area contributed by atoms with Crippen LogP contribution in [0, 0.1) is 0 Å². The van der Waals surface area contributed by atoms with Crippen molar-refractivity contribution in [2.45, 2.75) is 51.4 Å². The number of ketones is 1. The third-order valence-corrected chi connectivity index (χ3v) is 2.16. The summed E-state index contributed by atoms with van der Waals surface area (Å²) in [6.07, 6.45) is 9.19. The lowest BCUT2D eigenvalue weighted by Crippen LogP contribution is -1.95. The molecule has 0 saturated heterocycles. The molecule has 1 aliphatic rings. The van der Waals surface area contributed by atoms with E-state index >= 15 is 0 Å². The lowest BCUT2D eigenvalue weighted by Gasteiger charge is -1.93. The smallest absolute Gasteiger partial charge is 0.132 e. The molecule has 11 heavy (non-hydrogen) atoms. The molecule has 0 radical (unpaired) electrons. The molecule has 1 aliphatic carbocycles. The van der Waals surface area contributed by atoms with Gasteiger partial charge in [0.1, 0.15) is 5.78 Å². The van der Waals surface area contributed by atoms with Crippen molar-refractivity contribution in [1.82, 2.24) is 0 Å². The molecule has 0 atom stereocenters. The van der Waals surface area contributed by atoms with E-state index in [0.717, 1.165) is 25.7 Å². The van der Waals surface area contributed by atoms with E-state index < -0.39 is 0 Å². The molecule has 0 spiro atoms. The first kappa shape index (κ1) is 11.0. The molecule has 0 N–H and O–H groups in total. The van der Waals surface area contributed by atoms with Gasteiger partial charge in [0, 0.05) is 12.8 Å². The Balaban J connectivity index is 0.000001000. The van der Waals surface area contributed by atoms with Crippen LogP contribution in [0.5, 0.6) is 0 Å². The summed E-state index contributed by atoms with van der Waals surface area (Å²) < 4.78 is 0. The van der Waals surface area contributed by atoms with Gasteiger partial charge in [-0.05, 0) is 12.8 Å². The molecule has 66 valence electrons. The average molecular weight is 177 g/mol. The molecule has 0 amide bonds. The molecule has 0 bridgehead atoms. The lowest BCUT2D eigenvalue weighted by molar-refractivity contribution is -0.119. The van der Waals surface area contributed by atoms with Crippen molar-refractivity contribution in [3.63, 3.8) is 0 Å². The van der Waals surface area contributed by atoms with Gasteiger partial charge in [0.05, 0.1) is 0 Å². The number of Topliss-reactive ketones (excluding diaryl/α,β-unsaturated/α-hetero) is 1. The monoisotopic (exact) mass is 176 g/mol.